The Morgan fingerprint density at radius 1 is 1.24 bits per heavy atom. The molecule has 0 spiro atoms. The summed E-state index contributed by atoms with van der Waals surface area (Å²) in [7, 11) is 0. The summed E-state index contributed by atoms with van der Waals surface area (Å²) in [5.74, 6) is -0.431. The topological polar surface area (TPSA) is 62.3 Å². The minimum absolute atomic E-state index is 0.0121. The van der Waals surface area contributed by atoms with Crippen molar-refractivity contribution in [3.8, 4) is 11.1 Å². The monoisotopic (exact) mass is 231 g/mol. The Bertz CT molecular complexity index is 490. The molecule has 1 heterocycles. The highest BCUT2D eigenvalue weighted by molar-refractivity contribution is 5.97. The number of hydrogen-bond acceptors (Lipinski definition) is 3. The molecule has 2 rings (SSSR count). The molecule has 0 saturated heterocycles. The molecule has 1 aromatic heterocycles. The normalized spacial score (nSPS) is 10.2. The third kappa shape index (κ3) is 2.54. The van der Waals surface area contributed by atoms with Gasteiger partial charge in [0, 0.05) is 18.0 Å². The Balaban J connectivity index is 2.26. The number of nitrogens with one attached hydrogen (secondary N) is 1. The van der Waals surface area contributed by atoms with E-state index in [1.807, 2.05) is 30.3 Å². The van der Waals surface area contributed by atoms with E-state index in [9.17, 15) is 4.79 Å². The van der Waals surface area contributed by atoms with E-state index in [-0.39, 0.29) is 13.2 Å². The second-order valence-electron chi connectivity index (χ2n) is 3.51. The van der Waals surface area contributed by atoms with Crippen LogP contribution in [0, 0.1) is 0 Å². The number of hydrogen-bond donors (Lipinski definition) is 2. The van der Waals surface area contributed by atoms with Gasteiger partial charge in [-0.3, -0.25) is 0 Å². The third-order valence-corrected chi connectivity index (χ3v) is 2.37. The second-order valence-corrected chi connectivity index (χ2v) is 3.51. The van der Waals surface area contributed by atoms with E-state index in [4.69, 9.17) is 9.84 Å². The van der Waals surface area contributed by atoms with E-state index in [0.717, 1.165) is 11.1 Å². The molecule has 17 heavy (non-hydrogen) atoms. The van der Waals surface area contributed by atoms with Gasteiger partial charge in [-0.1, -0.05) is 30.3 Å². The molecule has 88 valence electrons. The van der Waals surface area contributed by atoms with E-state index in [1.54, 1.807) is 12.4 Å². The smallest absolute Gasteiger partial charge is 0.340 e. The molecular formula is C13H13NO3. The summed E-state index contributed by atoms with van der Waals surface area (Å²) in [5.41, 5.74) is 2.22. The summed E-state index contributed by atoms with van der Waals surface area (Å²) in [5, 5.41) is 8.61. The zero-order valence-corrected chi connectivity index (χ0v) is 9.22. The summed E-state index contributed by atoms with van der Waals surface area (Å²) in [6.45, 7) is -0.158. The zero-order valence-electron chi connectivity index (χ0n) is 9.22. The van der Waals surface area contributed by atoms with Crippen LogP contribution in [0.3, 0.4) is 0 Å². The molecule has 0 aliphatic carbocycles. The average molecular weight is 231 g/mol. The van der Waals surface area contributed by atoms with Crippen molar-refractivity contribution in [2.45, 2.75) is 0 Å². The Kier molecular flexibility index (Phi) is 3.57. The predicted molar refractivity (Wildman–Crippen MR) is 63.6 cm³/mol. The van der Waals surface area contributed by atoms with E-state index in [2.05, 4.69) is 4.98 Å². The largest absolute Gasteiger partial charge is 0.460 e. The maximum Gasteiger partial charge on any atom is 0.340 e. The first-order valence-corrected chi connectivity index (χ1v) is 5.33. The standard InChI is InChI=1S/C13H13NO3/c15-6-7-17-13(16)12-9-14-8-11(12)10-4-2-1-3-5-10/h1-5,8-9,14-15H,6-7H2. The van der Waals surface area contributed by atoms with Crippen molar-refractivity contribution in [2.75, 3.05) is 13.2 Å². The van der Waals surface area contributed by atoms with Gasteiger partial charge in [0.1, 0.15) is 6.61 Å². The Labute approximate surface area is 98.9 Å². The number of ether oxygens (including phenoxy) is 1. The summed E-state index contributed by atoms with van der Waals surface area (Å²) in [4.78, 5) is 14.6. The molecule has 1 aromatic carbocycles. The van der Waals surface area contributed by atoms with Crippen molar-refractivity contribution < 1.29 is 14.6 Å². The number of benzene rings is 1. The van der Waals surface area contributed by atoms with E-state index in [0.29, 0.717) is 5.56 Å². The Morgan fingerprint density at radius 2 is 2.00 bits per heavy atom. The van der Waals surface area contributed by atoms with Crippen LogP contribution < -0.4 is 0 Å². The minimum atomic E-state index is -0.431. The number of aromatic amines is 1. The maximum absolute atomic E-state index is 11.7. The molecule has 4 heteroatoms. The van der Waals surface area contributed by atoms with Crippen LogP contribution in [0.1, 0.15) is 10.4 Å². The molecule has 0 atom stereocenters. The van der Waals surface area contributed by atoms with Gasteiger partial charge >= 0.3 is 5.97 Å². The van der Waals surface area contributed by atoms with Crippen molar-refractivity contribution in [2.24, 2.45) is 0 Å². The number of H-pyrrole nitrogens is 1. The zero-order chi connectivity index (χ0) is 12.1. The third-order valence-electron chi connectivity index (χ3n) is 2.37. The van der Waals surface area contributed by atoms with Crippen molar-refractivity contribution in [1.82, 2.24) is 4.98 Å². The van der Waals surface area contributed by atoms with Crippen LogP contribution in [0.4, 0.5) is 0 Å². The number of rotatable bonds is 4. The van der Waals surface area contributed by atoms with Gasteiger partial charge < -0.3 is 14.8 Å². The lowest BCUT2D eigenvalue weighted by Crippen LogP contribution is -2.08. The molecule has 0 unspecified atom stereocenters. The van der Waals surface area contributed by atoms with Gasteiger partial charge in [-0.25, -0.2) is 4.79 Å². The van der Waals surface area contributed by atoms with Gasteiger partial charge in [0.05, 0.1) is 12.2 Å². The quantitative estimate of drug-likeness (QED) is 0.789. The molecule has 2 aromatic rings. The van der Waals surface area contributed by atoms with Gasteiger partial charge in [0.2, 0.25) is 0 Å². The molecule has 4 nitrogen and oxygen atoms in total. The average Bonchev–Trinajstić information content (AvgIpc) is 2.86. The molecule has 2 N–H and O–H groups in total. The predicted octanol–water partition coefficient (Wildman–Crippen LogP) is 1.83. The minimum Gasteiger partial charge on any atom is -0.460 e. The highest BCUT2D eigenvalue weighted by Gasteiger charge is 2.14. The van der Waals surface area contributed by atoms with Crippen LogP contribution in [0.15, 0.2) is 42.7 Å². The summed E-state index contributed by atoms with van der Waals surface area (Å²) < 4.78 is 4.89. The molecular weight excluding hydrogens is 218 g/mol. The summed E-state index contributed by atoms with van der Waals surface area (Å²) in [6.07, 6.45) is 3.35. The number of aliphatic hydroxyl groups excluding tert-OH is 1. The summed E-state index contributed by atoms with van der Waals surface area (Å²) in [6, 6.07) is 9.58. The summed E-state index contributed by atoms with van der Waals surface area (Å²) >= 11 is 0. The van der Waals surface area contributed by atoms with Gasteiger partial charge in [-0.2, -0.15) is 0 Å². The molecule has 0 radical (unpaired) electrons. The fraction of sp³-hybridized carbons (Fsp3) is 0.154. The number of carbonyl (C=O) groups is 1. The van der Waals surface area contributed by atoms with Gasteiger partial charge in [-0.05, 0) is 5.56 Å². The number of carbonyl (C=O) groups excluding carboxylic acids is 1. The second kappa shape index (κ2) is 5.32. The maximum atomic E-state index is 11.7. The van der Waals surface area contributed by atoms with Crippen LogP contribution in [0.25, 0.3) is 11.1 Å². The first-order valence-electron chi connectivity index (χ1n) is 5.33. The first kappa shape index (κ1) is 11.4. The number of aromatic nitrogens is 1. The van der Waals surface area contributed by atoms with Crippen LogP contribution in [0.2, 0.25) is 0 Å². The first-order chi connectivity index (χ1) is 8.33. The SMILES string of the molecule is O=C(OCCO)c1c[nH]cc1-c1ccccc1. The van der Waals surface area contributed by atoms with Crippen LogP contribution in [-0.2, 0) is 4.74 Å². The van der Waals surface area contributed by atoms with Crippen LogP contribution in [-0.4, -0.2) is 29.3 Å². The molecule has 0 bridgehead atoms. The van der Waals surface area contributed by atoms with E-state index in [1.165, 1.54) is 0 Å². The van der Waals surface area contributed by atoms with Crippen molar-refractivity contribution in [3.05, 3.63) is 48.3 Å². The Morgan fingerprint density at radius 3 is 2.71 bits per heavy atom. The lowest BCUT2D eigenvalue weighted by molar-refractivity contribution is 0.0435. The van der Waals surface area contributed by atoms with Gasteiger partial charge in [0.15, 0.2) is 0 Å². The Hall–Kier alpha value is -2.07. The fourth-order valence-electron chi connectivity index (χ4n) is 1.61. The van der Waals surface area contributed by atoms with E-state index >= 15 is 0 Å². The van der Waals surface area contributed by atoms with Crippen molar-refractivity contribution in [3.63, 3.8) is 0 Å². The van der Waals surface area contributed by atoms with Gasteiger partial charge in [0.25, 0.3) is 0 Å². The van der Waals surface area contributed by atoms with Crippen LogP contribution in [0.5, 0.6) is 0 Å². The lowest BCUT2D eigenvalue weighted by atomic mass is 10.1. The number of esters is 1. The molecule has 0 saturated carbocycles. The lowest BCUT2D eigenvalue weighted by Gasteiger charge is -2.04. The van der Waals surface area contributed by atoms with E-state index < -0.39 is 5.97 Å². The van der Waals surface area contributed by atoms with Crippen molar-refractivity contribution >= 4 is 5.97 Å². The highest BCUT2D eigenvalue weighted by Crippen LogP contribution is 2.23. The molecule has 0 amide bonds. The van der Waals surface area contributed by atoms with Gasteiger partial charge in [-0.15, -0.1) is 0 Å². The molecule has 0 aliphatic rings. The van der Waals surface area contributed by atoms with Crippen molar-refractivity contribution in [1.29, 1.82) is 0 Å². The fourth-order valence-corrected chi connectivity index (χ4v) is 1.61. The molecule has 0 aliphatic heterocycles. The highest BCUT2D eigenvalue weighted by atomic mass is 16.5. The molecule has 0 fully saturated rings. The van der Waals surface area contributed by atoms with Crippen LogP contribution >= 0.6 is 0 Å². The number of aliphatic hydroxyl groups is 1.